The molecule has 1 aliphatic heterocycles. The van der Waals surface area contributed by atoms with E-state index in [0.29, 0.717) is 5.92 Å². The van der Waals surface area contributed by atoms with Gasteiger partial charge in [-0.2, -0.15) is 0 Å². The van der Waals surface area contributed by atoms with Gasteiger partial charge in [0.05, 0.1) is 7.11 Å². The zero-order chi connectivity index (χ0) is 18.4. The number of aliphatic imine (C=N–C) groups is 1. The topological polar surface area (TPSA) is 40.1 Å². The fourth-order valence-corrected chi connectivity index (χ4v) is 3.66. The predicted octanol–water partition coefficient (Wildman–Crippen LogP) is 2.65. The standard InChI is InChI=1S/C20H34N4O/c1-20(2,15-23(4)5)14-22-19(21-3)24-12-11-17(13-24)16-7-9-18(25-6)10-8-16/h7-10,17H,11-15H2,1-6H3,(H,21,22). The van der Waals surface area contributed by atoms with Crippen molar-refractivity contribution >= 4 is 5.96 Å². The highest BCUT2D eigenvalue weighted by atomic mass is 16.5. The van der Waals surface area contributed by atoms with Gasteiger partial charge in [-0.3, -0.25) is 4.99 Å². The highest BCUT2D eigenvalue weighted by Gasteiger charge is 2.27. The van der Waals surface area contributed by atoms with E-state index >= 15 is 0 Å². The molecule has 0 bridgehead atoms. The molecule has 1 unspecified atom stereocenters. The Hall–Kier alpha value is -1.75. The van der Waals surface area contributed by atoms with E-state index in [0.717, 1.165) is 44.3 Å². The van der Waals surface area contributed by atoms with Gasteiger partial charge in [0.1, 0.15) is 5.75 Å². The van der Waals surface area contributed by atoms with Crippen LogP contribution < -0.4 is 10.1 Å². The zero-order valence-corrected chi connectivity index (χ0v) is 16.7. The summed E-state index contributed by atoms with van der Waals surface area (Å²) < 4.78 is 5.26. The number of ether oxygens (including phenoxy) is 1. The van der Waals surface area contributed by atoms with E-state index in [1.807, 2.05) is 7.05 Å². The van der Waals surface area contributed by atoms with Gasteiger partial charge in [-0.05, 0) is 43.6 Å². The van der Waals surface area contributed by atoms with Crippen molar-refractivity contribution in [1.29, 1.82) is 0 Å². The number of benzene rings is 1. The molecule has 1 saturated heterocycles. The van der Waals surface area contributed by atoms with Crippen LogP contribution in [0.2, 0.25) is 0 Å². The second-order valence-electron chi connectivity index (χ2n) is 8.01. The molecule has 2 rings (SSSR count). The first kappa shape index (κ1) is 19.6. The van der Waals surface area contributed by atoms with E-state index < -0.39 is 0 Å². The number of nitrogens with zero attached hydrogens (tertiary/aromatic N) is 3. The van der Waals surface area contributed by atoms with Crippen LogP contribution in [0.3, 0.4) is 0 Å². The first-order valence-corrected chi connectivity index (χ1v) is 9.09. The Kier molecular flexibility index (Phi) is 6.71. The maximum Gasteiger partial charge on any atom is 0.193 e. The van der Waals surface area contributed by atoms with Crippen molar-refractivity contribution in [3.8, 4) is 5.75 Å². The van der Waals surface area contributed by atoms with E-state index in [9.17, 15) is 0 Å². The summed E-state index contributed by atoms with van der Waals surface area (Å²) in [7, 11) is 7.83. The molecule has 0 amide bonds. The van der Waals surface area contributed by atoms with Crippen LogP contribution in [0.25, 0.3) is 0 Å². The molecular formula is C20H34N4O. The van der Waals surface area contributed by atoms with E-state index in [4.69, 9.17) is 4.74 Å². The summed E-state index contributed by atoms with van der Waals surface area (Å²) in [6, 6.07) is 8.47. The lowest BCUT2D eigenvalue weighted by Crippen LogP contribution is -2.46. The van der Waals surface area contributed by atoms with Gasteiger partial charge in [-0.15, -0.1) is 0 Å². The molecule has 140 valence electrons. The number of likely N-dealkylation sites (tertiary alicyclic amines) is 1. The summed E-state index contributed by atoms with van der Waals surface area (Å²) in [4.78, 5) is 9.12. The van der Waals surface area contributed by atoms with Crippen LogP contribution in [0.1, 0.15) is 31.7 Å². The van der Waals surface area contributed by atoms with Crippen LogP contribution in [0.15, 0.2) is 29.3 Å². The number of rotatable bonds is 6. The summed E-state index contributed by atoms with van der Waals surface area (Å²) >= 11 is 0. The predicted molar refractivity (Wildman–Crippen MR) is 106 cm³/mol. The maximum atomic E-state index is 5.26. The highest BCUT2D eigenvalue weighted by Crippen LogP contribution is 2.28. The van der Waals surface area contributed by atoms with Gasteiger partial charge in [0.25, 0.3) is 0 Å². The van der Waals surface area contributed by atoms with Crippen LogP contribution in [0.5, 0.6) is 5.75 Å². The van der Waals surface area contributed by atoms with Gasteiger partial charge in [0.15, 0.2) is 5.96 Å². The van der Waals surface area contributed by atoms with Crippen LogP contribution in [-0.4, -0.2) is 70.2 Å². The molecule has 5 nitrogen and oxygen atoms in total. The molecule has 1 aromatic carbocycles. The van der Waals surface area contributed by atoms with Crippen molar-refractivity contribution < 1.29 is 4.74 Å². The lowest BCUT2D eigenvalue weighted by molar-refractivity contribution is 0.239. The Labute approximate surface area is 153 Å². The maximum absolute atomic E-state index is 5.26. The van der Waals surface area contributed by atoms with E-state index in [1.54, 1.807) is 7.11 Å². The number of guanidine groups is 1. The number of hydrogen-bond donors (Lipinski definition) is 1. The lowest BCUT2D eigenvalue weighted by Gasteiger charge is -2.31. The van der Waals surface area contributed by atoms with Crippen LogP contribution in [0.4, 0.5) is 0 Å². The third kappa shape index (κ3) is 5.63. The Morgan fingerprint density at radius 3 is 2.56 bits per heavy atom. The van der Waals surface area contributed by atoms with Crippen molar-refractivity contribution in [3.05, 3.63) is 29.8 Å². The van der Waals surface area contributed by atoms with E-state index in [2.05, 4.69) is 72.3 Å². The molecule has 1 heterocycles. The second kappa shape index (κ2) is 8.56. The molecule has 1 atom stereocenters. The van der Waals surface area contributed by atoms with Gasteiger partial charge in [-0.25, -0.2) is 0 Å². The Morgan fingerprint density at radius 2 is 2.00 bits per heavy atom. The lowest BCUT2D eigenvalue weighted by atomic mass is 9.93. The summed E-state index contributed by atoms with van der Waals surface area (Å²) in [6.45, 7) is 8.60. The molecule has 1 N–H and O–H groups in total. The van der Waals surface area contributed by atoms with Crippen molar-refractivity contribution in [3.63, 3.8) is 0 Å². The van der Waals surface area contributed by atoms with Gasteiger partial charge >= 0.3 is 0 Å². The number of hydrogen-bond acceptors (Lipinski definition) is 3. The highest BCUT2D eigenvalue weighted by molar-refractivity contribution is 5.80. The molecular weight excluding hydrogens is 312 g/mol. The fraction of sp³-hybridized carbons (Fsp3) is 0.650. The normalized spacial score (nSPS) is 18.8. The molecule has 1 aromatic rings. The SMILES string of the molecule is CN=C(NCC(C)(C)CN(C)C)N1CCC(c2ccc(OC)cc2)C1. The summed E-state index contributed by atoms with van der Waals surface area (Å²) in [5, 5.41) is 3.58. The minimum atomic E-state index is 0.203. The second-order valence-corrected chi connectivity index (χ2v) is 8.01. The number of methoxy groups -OCH3 is 1. The largest absolute Gasteiger partial charge is 0.497 e. The van der Waals surface area contributed by atoms with Gasteiger partial charge in [-0.1, -0.05) is 26.0 Å². The molecule has 1 aliphatic rings. The minimum Gasteiger partial charge on any atom is -0.497 e. The van der Waals surface area contributed by atoms with Crippen molar-refractivity contribution in [2.45, 2.75) is 26.2 Å². The van der Waals surface area contributed by atoms with Gasteiger partial charge < -0.3 is 19.9 Å². The van der Waals surface area contributed by atoms with Crippen molar-refractivity contribution in [1.82, 2.24) is 15.1 Å². The molecule has 5 heteroatoms. The van der Waals surface area contributed by atoms with E-state index in [1.165, 1.54) is 5.56 Å². The average molecular weight is 347 g/mol. The first-order chi connectivity index (χ1) is 11.8. The summed E-state index contributed by atoms with van der Waals surface area (Å²) in [5.74, 6) is 2.49. The van der Waals surface area contributed by atoms with Crippen molar-refractivity contribution in [2.24, 2.45) is 10.4 Å². The van der Waals surface area contributed by atoms with Crippen molar-refractivity contribution in [2.75, 3.05) is 54.4 Å². The first-order valence-electron chi connectivity index (χ1n) is 9.09. The quantitative estimate of drug-likeness (QED) is 0.635. The van der Waals surface area contributed by atoms with Crippen LogP contribution >= 0.6 is 0 Å². The summed E-state index contributed by atoms with van der Waals surface area (Å²) in [5.41, 5.74) is 1.58. The molecule has 0 saturated carbocycles. The average Bonchev–Trinajstić information content (AvgIpc) is 3.04. The monoisotopic (exact) mass is 346 g/mol. The molecule has 25 heavy (non-hydrogen) atoms. The molecule has 0 aromatic heterocycles. The Balaban J connectivity index is 1.92. The van der Waals surface area contributed by atoms with E-state index in [-0.39, 0.29) is 5.41 Å². The molecule has 0 spiro atoms. The van der Waals surface area contributed by atoms with Crippen LogP contribution in [0, 0.1) is 5.41 Å². The third-order valence-corrected chi connectivity index (χ3v) is 4.76. The third-order valence-electron chi connectivity index (χ3n) is 4.76. The molecule has 1 fully saturated rings. The fourth-order valence-electron chi connectivity index (χ4n) is 3.66. The number of nitrogens with one attached hydrogen (secondary N) is 1. The summed E-state index contributed by atoms with van der Waals surface area (Å²) in [6.07, 6.45) is 1.16. The minimum absolute atomic E-state index is 0.203. The van der Waals surface area contributed by atoms with Gasteiger partial charge in [0, 0.05) is 39.1 Å². The van der Waals surface area contributed by atoms with Crippen LogP contribution in [-0.2, 0) is 0 Å². The smallest absolute Gasteiger partial charge is 0.193 e. The van der Waals surface area contributed by atoms with Gasteiger partial charge in [0.2, 0.25) is 0 Å². The molecule has 0 aliphatic carbocycles. The molecule has 0 radical (unpaired) electrons. The zero-order valence-electron chi connectivity index (χ0n) is 16.7. The Morgan fingerprint density at radius 1 is 1.32 bits per heavy atom. The Bertz CT molecular complexity index is 566.